The Morgan fingerprint density at radius 3 is 2.85 bits per heavy atom. The first kappa shape index (κ1) is 14.9. The lowest BCUT2D eigenvalue weighted by atomic mass is 10.1. The van der Waals surface area contributed by atoms with E-state index in [4.69, 9.17) is 10.5 Å². The summed E-state index contributed by atoms with van der Waals surface area (Å²) in [6, 6.07) is 9.22. The van der Waals surface area contributed by atoms with Crippen molar-refractivity contribution < 1.29 is 9.53 Å². The molecule has 3 N–H and O–H groups in total. The third-order valence-electron chi connectivity index (χ3n) is 2.66. The third-order valence-corrected chi connectivity index (χ3v) is 4.28. The van der Waals surface area contributed by atoms with Crippen molar-refractivity contribution in [2.45, 2.75) is 13.5 Å². The molecule has 2 aromatic rings. The second-order valence-corrected chi connectivity index (χ2v) is 6.60. The topological polar surface area (TPSA) is 64.3 Å². The fraction of sp³-hybridized carbons (Fsp3) is 0.214. The normalized spacial score (nSPS) is 10.3. The molecule has 0 aliphatic carbocycles. The number of nitrogens with one attached hydrogen (secondary N) is 1. The number of para-hydroxylation sites is 1. The van der Waals surface area contributed by atoms with Gasteiger partial charge < -0.3 is 15.8 Å². The third kappa shape index (κ3) is 3.52. The van der Waals surface area contributed by atoms with Gasteiger partial charge in [0.25, 0.3) is 0 Å². The first-order valence-corrected chi connectivity index (χ1v) is 7.76. The Morgan fingerprint density at radius 1 is 1.40 bits per heavy atom. The molecule has 1 aromatic carbocycles. The van der Waals surface area contributed by atoms with Crippen LogP contribution >= 0.6 is 27.3 Å². The number of ether oxygens (including phenoxy) is 1. The van der Waals surface area contributed by atoms with Gasteiger partial charge in [0.2, 0.25) is 0 Å². The van der Waals surface area contributed by atoms with Crippen LogP contribution in [0.15, 0.2) is 34.1 Å². The van der Waals surface area contributed by atoms with Crippen LogP contribution in [-0.4, -0.2) is 12.6 Å². The van der Waals surface area contributed by atoms with E-state index in [2.05, 4.69) is 21.2 Å². The maximum atomic E-state index is 11.9. The van der Waals surface area contributed by atoms with E-state index < -0.39 is 0 Å². The first-order chi connectivity index (χ1) is 9.61. The van der Waals surface area contributed by atoms with Crippen molar-refractivity contribution in [3.8, 4) is 0 Å². The number of carbonyl (C=O) groups is 1. The molecule has 0 aliphatic heterocycles. The fourth-order valence-electron chi connectivity index (χ4n) is 1.77. The van der Waals surface area contributed by atoms with Gasteiger partial charge in [-0.3, -0.25) is 0 Å². The highest BCUT2D eigenvalue weighted by Gasteiger charge is 2.14. The average molecular weight is 355 g/mol. The molecule has 0 amide bonds. The van der Waals surface area contributed by atoms with Crippen LogP contribution in [0.5, 0.6) is 0 Å². The van der Waals surface area contributed by atoms with Gasteiger partial charge in [-0.15, -0.1) is 11.3 Å². The van der Waals surface area contributed by atoms with Crippen LogP contribution in [0.2, 0.25) is 0 Å². The molecule has 4 nitrogen and oxygen atoms in total. The van der Waals surface area contributed by atoms with Crippen LogP contribution < -0.4 is 11.1 Å². The predicted molar refractivity (Wildman–Crippen MR) is 86.2 cm³/mol. The highest BCUT2D eigenvalue weighted by Crippen LogP contribution is 2.27. The number of nitrogens with two attached hydrogens (primary N) is 1. The number of esters is 1. The van der Waals surface area contributed by atoms with Crippen LogP contribution in [0, 0.1) is 0 Å². The number of nitrogen functional groups attached to an aromatic ring is 1. The number of anilines is 2. The number of hydrogen-bond donors (Lipinski definition) is 2. The smallest absolute Gasteiger partial charge is 0.340 e. The number of rotatable bonds is 5. The Bertz CT molecular complexity index is 613. The highest BCUT2D eigenvalue weighted by molar-refractivity contribution is 9.11. The Balaban J connectivity index is 2.19. The van der Waals surface area contributed by atoms with Crippen molar-refractivity contribution in [3.63, 3.8) is 0 Å². The summed E-state index contributed by atoms with van der Waals surface area (Å²) in [4.78, 5) is 13.1. The summed E-state index contributed by atoms with van der Waals surface area (Å²) in [5, 5.41) is 3.21. The van der Waals surface area contributed by atoms with Gasteiger partial charge in [0.15, 0.2) is 0 Å². The predicted octanol–water partition coefficient (Wildman–Crippen LogP) is 3.88. The van der Waals surface area contributed by atoms with E-state index in [0.717, 1.165) is 8.66 Å². The summed E-state index contributed by atoms with van der Waals surface area (Å²) in [6.07, 6.45) is 0. The van der Waals surface area contributed by atoms with E-state index in [1.807, 2.05) is 12.1 Å². The van der Waals surface area contributed by atoms with Crippen molar-refractivity contribution in [1.82, 2.24) is 0 Å². The Kier molecular flexibility index (Phi) is 5.03. The molecule has 2 rings (SSSR count). The van der Waals surface area contributed by atoms with Crippen LogP contribution in [0.4, 0.5) is 11.4 Å². The van der Waals surface area contributed by atoms with E-state index in [1.165, 1.54) is 0 Å². The molecule has 0 saturated heterocycles. The van der Waals surface area contributed by atoms with Crippen molar-refractivity contribution in [3.05, 3.63) is 44.6 Å². The molecule has 106 valence electrons. The van der Waals surface area contributed by atoms with Crippen molar-refractivity contribution in [2.75, 3.05) is 17.7 Å². The van der Waals surface area contributed by atoms with Crippen molar-refractivity contribution in [1.29, 1.82) is 0 Å². The van der Waals surface area contributed by atoms with Gasteiger partial charge in [0, 0.05) is 11.4 Å². The molecule has 0 radical (unpaired) electrons. The molecular weight excluding hydrogens is 340 g/mol. The zero-order valence-electron chi connectivity index (χ0n) is 11.0. The Hall–Kier alpha value is -1.53. The van der Waals surface area contributed by atoms with E-state index in [-0.39, 0.29) is 5.97 Å². The average Bonchev–Trinajstić information content (AvgIpc) is 2.83. The second-order valence-electron chi connectivity index (χ2n) is 4.05. The molecule has 0 unspecified atom stereocenters. The molecule has 0 bridgehead atoms. The molecule has 0 spiro atoms. The van der Waals surface area contributed by atoms with Crippen LogP contribution in [-0.2, 0) is 11.3 Å². The number of halogens is 1. The summed E-state index contributed by atoms with van der Waals surface area (Å²) < 4.78 is 6.11. The SMILES string of the molecule is CCOC(=O)c1cccc(N)c1NCc1ccc(Br)s1. The van der Waals surface area contributed by atoms with Gasteiger partial charge in [-0.1, -0.05) is 6.07 Å². The van der Waals surface area contributed by atoms with Gasteiger partial charge in [0.1, 0.15) is 0 Å². The van der Waals surface area contributed by atoms with Crippen LogP contribution in [0.3, 0.4) is 0 Å². The number of thiophene rings is 1. The lowest BCUT2D eigenvalue weighted by molar-refractivity contribution is 0.0527. The Morgan fingerprint density at radius 2 is 2.20 bits per heavy atom. The maximum absolute atomic E-state index is 11.9. The molecule has 6 heteroatoms. The maximum Gasteiger partial charge on any atom is 0.340 e. The zero-order valence-corrected chi connectivity index (χ0v) is 13.4. The van der Waals surface area contributed by atoms with Gasteiger partial charge in [0.05, 0.1) is 27.3 Å². The van der Waals surface area contributed by atoms with E-state index in [1.54, 1.807) is 36.5 Å². The highest BCUT2D eigenvalue weighted by atomic mass is 79.9. The lowest BCUT2D eigenvalue weighted by Crippen LogP contribution is -2.11. The standard InChI is InChI=1S/C14H15BrN2O2S/c1-2-19-14(18)10-4-3-5-11(16)13(10)17-8-9-6-7-12(15)20-9/h3-7,17H,2,8,16H2,1H3. The van der Waals surface area contributed by atoms with Gasteiger partial charge in [-0.05, 0) is 47.1 Å². The Labute approximate surface area is 130 Å². The first-order valence-electron chi connectivity index (χ1n) is 6.15. The summed E-state index contributed by atoms with van der Waals surface area (Å²) in [5.74, 6) is -0.366. The van der Waals surface area contributed by atoms with Crippen LogP contribution in [0.1, 0.15) is 22.2 Å². The van der Waals surface area contributed by atoms with Crippen molar-refractivity contribution >= 4 is 44.6 Å². The van der Waals surface area contributed by atoms with E-state index >= 15 is 0 Å². The molecule has 20 heavy (non-hydrogen) atoms. The van der Waals surface area contributed by atoms with Gasteiger partial charge >= 0.3 is 5.97 Å². The van der Waals surface area contributed by atoms with Gasteiger partial charge in [-0.2, -0.15) is 0 Å². The molecule has 0 aliphatic rings. The zero-order chi connectivity index (χ0) is 14.5. The summed E-state index contributed by atoms with van der Waals surface area (Å²) in [5.41, 5.74) is 7.56. The van der Waals surface area contributed by atoms with Crippen LogP contribution in [0.25, 0.3) is 0 Å². The second kappa shape index (κ2) is 6.76. The van der Waals surface area contributed by atoms with E-state index in [0.29, 0.717) is 30.1 Å². The summed E-state index contributed by atoms with van der Waals surface area (Å²) in [6.45, 7) is 2.72. The van der Waals surface area contributed by atoms with Crippen molar-refractivity contribution in [2.24, 2.45) is 0 Å². The van der Waals surface area contributed by atoms with E-state index in [9.17, 15) is 4.79 Å². The minimum absolute atomic E-state index is 0.338. The number of carbonyl (C=O) groups excluding carboxylic acids is 1. The molecule has 1 heterocycles. The minimum atomic E-state index is -0.366. The summed E-state index contributed by atoms with van der Waals surface area (Å²) >= 11 is 5.06. The van der Waals surface area contributed by atoms with Gasteiger partial charge in [-0.25, -0.2) is 4.79 Å². The molecule has 1 aromatic heterocycles. The fourth-order valence-corrected chi connectivity index (χ4v) is 3.19. The molecule has 0 fully saturated rings. The number of hydrogen-bond acceptors (Lipinski definition) is 5. The lowest BCUT2D eigenvalue weighted by Gasteiger charge is -2.13. The monoisotopic (exact) mass is 354 g/mol. The quantitative estimate of drug-likeness (QED) is 0.631. The summed E-state index contributed by atoms with van der Waals surface area (Å²) in [7, 11) is 0. The largest absolute Gasteiger partial charge is 0.462 e. The minimum Gasteiger partial charge on any atom is -0.462 e. The molecule has 0 saturated carbocycles. The number of benzene rings is 1. The molecule has 0 atom stereocenters. The molecular formula is C14H15BrN2O2S.